The van der Waals surface area contributed by atoms with E-state index in [1.54, 1.807) is 34.9 Å². The Morgan fingerprint density at radius 3 is 2.57 bits per heavy atom. The zero-order valence-corrected chi connectivity index (χ0v) is 20.6. The number of hydrogen-bond acceptors (Lipinski definition) is 5. The van der Waals surface area contributed by atoms with Gasteiger partial charge in [0, 0.05) is 25.9 Å². The van der Waals surface area contributed by atoms with Gasteiger partial charge in [0.05, 0.1) is 23.8 Å². The summed E-state index contributed by atoms with van der Waals surface area (Å²) in [5.74, 6) is -0.718. The van der Waals surface area contributed by atoms with Crippen LogP contribution in [0.25, 0.3) is 11.4 Å². The molecule has 3 heterocycles. The van der Waals surface area contributed by atoms with Crippen LogP contribution in [0.4, 0.5) is 10.1 Å². The summed E-state index contributed by atoms with van der Waals surface area (Å²) in [5, 5.41) is 14.0. The number of carbonyl (C=O) groups excluding carboxylic acids is 2. The van der Waals surface area contributed by atoms with Crippen LogP contribution in [0, 0.1) is 24.6 Å². The molecule has 0 aliphatic heterocycles. The highest BCUT2D eigenvalue weighted by molar-refractivity contribution is 6.00. The zero-order valence-electron chi connectivity index (χ0n) is 20.6. The van der Waals surface area contributed by atoms with E-state index in [1.807, 2.05) is 13.8 Å². The molecular formula is C25H32FN7O2. The second kappa shape index (κ2) is 10.4. The highest BCUT2D eigenvalue weighted by Gasteiger charge is 2.33. The molecule has 3 aromatic heterocycles. The fraction of sp³-hybridized carbons (Fsp3) is 0.480. The lowest BCUT2D eigenvalue weighted by Gasteiger charge is -2.32. The molecule has 1 atom stereocenters. The van der Waals surface area contributed by atoms with E-state index in [0.29, 0.717) is 23.9 Å². The summed E-state index contributed by atoms with van der Waals surface area (Å²) in [6.07, 6.45) is 8.29. The standard InChI is InChI=1S/C25H32FN7O2/c1-5-33-20(10-11-28-33)24(34)31-21(17-8-6-15(2)7-9-17)25(35)30-18-12-19(26)22(27-14-18)23-16(3)13-29-32(23)4/h10-15,17,21H,5-9H2,1-4H3,(H,30,35)(H,31,34)/t15-,17-,21?. The van der Waals surface area contributed by atoms with Gasteiger partial charge in [-0.3, -0.25) is 19.0 Å². The van der Waals surface area contributed by atoms with Crippen LogP contribution in [0.3, 0.4) is 0 Å². The molecule has 0 saturated heterocycles. The molecule has 9 nitrogen and oxygen atoms in total. The number of pyridine rings is 1. The molecule has 10 heteroatoms. The molecule has 35 heavy (non-hydrogen) atoms. The number of rotatable bonds is 7. The Kier molecular flexibility index (Phi) is 7.28. The molecule has 0 aromatic carbocycles. The smallest absolute Gasteiger partial charge is 0.270 e. The van der Waals surface area contributed by atoms with Crippen LogP contribution in [0.1, 0.15) is 55.6 Å². The van der Waals surface area contributed by atoms with Gasteiger partial charge in [-0.2, -0.15) is 10.2 Å². The first-order valence-corrected chi connectivity index (χ1v) is 12.1. The van der Waals surface area contributed by atoms with Crippen molar-refractivity contribution in [2.75, 3.05) is 5.32 Å². The Morgan fingerprint density at radius 1 is 1.20 bits per heavy atom. The fourth-order valence-corrected chi connectivity index (χ4v) is 4.80. The summed E-state index contributed by atoms with van der Waals surface area (Å²) in [6, 6.07) is 2.13. The molecule has 0 bridgehead atoms. The minimum absolute atomic E-state index is 0.0117. The van der Waals surface area contributed by atoms with Gasteiger partial charge < -0.3 is 10.6 Å². The Morgan fingerprint density at radius 2 is 1.94 bits per heavy atom. The Bertz CT molecular complexity index is 1190. The van der Waals surface area contributed by atoms with E-state index in [2.05, 4.69) is 32.7 Å². The minimum atomic E-state index is -0.753. The summed E-state index contributed by atoms with van der Waals surface area (Å²) in [7, 11) is 1.72. The number of anilines is 1. The number of amides is 2. The highest BCUT2D eigenvalue weighted by atomic mass is 19.1. The number of nitrogens with one attached hydrogen (secondary N) is 2. The van der Waals surface area contributed by atoms with Gasteiger partial charge in [-0.25, -0.2) is 9.37 Å². The first kappa shape index (κ1) is 24.6. The average molecular weight is 482 g/mol. The molecule has 1 saturated carbocycles. The SMILES string of the molecule is CCn1nccc1C(=O)NC(C(=O)Nc1cnc(-c2c(C)cnn2C)c(F)c1)[C@H]1CC[C@H](C)CC1. The number of carbonyl (C=O) groups is 2. The van der Waals surface area contributed by atoms with Crippen molar-refractivity contribution in [3.63, 3.8) is 0 Å². The number of aromatic nitrogens is 5. The molecule has 1 aliphatic carbocycles. The van der Waals surface area contributed by atoms with E-state index < -0.39 is 11.9 Å². The second-order valence-electron chi connectivity index (χ2n) is 9.35. The topological polar surface area (TPSA) is 107 Å². The van der Waals surface area contributed by atoms with Crippen LogP contribution in [0.15, 0.2) is 30.7 Å². The van der Waals surface area contributed by atoms with Crippen molar-refractivity contribution in [1.82, 2.24) is 29.9 Å². The third-order valence-corrected chi connectivity index (χ3v) is 6.80. The van der Waals surface area contributed by atoms with Crippen molar-refractivity contribution < 1.29 is 14.0 Å². The van der Waals surface area contributed by atoms with Crippen LogP contribution in [-0.4, -0.2) is 42.4 Å². The van der Waals surface area contributed by atoms with E-state index in [-0.39, 0.29) is 29.1 Å². The quantitative estimate of drug-likeness (QED) is 0.535. The van der Waals surface area contributed by atoms with E-state index >= 15 is 0 Å². The number of aryl methyl sites for hydroxylation is 3. The maximum Gasteiger partial charge on any atom is 0.270 e. The fourth-order valence-electron chi connectivity index (χ4n) is 4.80. The molecule has 2 N–H and O–H groups in total. The molecule has 1 unspecified atom stereocenters. The predicted molar refractivity (Wildman–Crippen MR) is 130 cm³/mol. The van der Waals surface area contributed by atoms with Crippen LogP contribution < -0.4 is 10.6 Å². The van der Waals surface area contributed by atoms with Gasteiger partial charge in [-0.1, -0.05) is 19.8 Å². The van der Waals surface area contributed by atoms with Crippen molar-refractivity contribution in [2.24, 2.45) is 18.9 Å². The molecule has 1 aliphatic rings. The number of halogens is 1. The van der Waals surface area contributed by atoms with Gasteiger partial charge in [0.15, 0.2) is 5.82 Å². The molecule has 0 radical (unpaired) electrons. The lowest BCUT2D eigenvalue weighted by molar-refractivity contribution is -0.119. The molecule has 1 fully saturated rings. The normalized spacial score (nSPS) is 18.8. The van der Waals surface area contributed by atoms with Crippen LogP contribution in [0.5, 0.6) is 0 Å². The average Bonchev–Trinajstić information content (AvgIpc) is 3.44. The Hall–Kier alpha value is -3.56. The third-order valence-electron chi connectivity index (χ3n) is 6.80. The van der Waals surface area contributed by atoms with Crippen molar-refractivity contribution in [1.29, 1.82) is 0 Å². The minimum Gasteiger partial charge on any atom is -0.339 e. The largest absolute Gasteiger partial charge is 0.339 e. The van der Waals surface area contributed by atoms with E-state index in [4.69, 9.17) is 0 Å². The summed E-state index contributed by atoms with van der Waals surface area (Å²) in [5.41, 5.74) is 2.18. The number of nitrogens with zero attached hydrogens (tertiary/aromatic N) is 5. The molecular weight excluding hydrogens is 449 g/mol. The first-order chi connectivity index (χ1) is 16.8. The van der Waals surface area contributed by atoms with Crippen LogP contribution in [0.2, 0.25) is 0 Å². The van der Waals surface area contributed by atoms with Gasteiger partial charge in [0.25, 0.3) is 5.91 Å². The maximum atomic E-state index is 15.0. The van der Waals surface area contributed by atoms with E-state index in [0.717, 1.165) is 31.2 Å². The summed E-state index contributed by atoms with van der Waals surface area (Å²) in [4.78, 5) is 30.6. The lowest BCUT2D eigenvalue weighted by Crippen LogP contribution is -2.49. The van der Waals surface area contributed by atoms with Gasteiger partial charge >= 0.3 is 0 Å². The monoisotopic (exact) mass is 481 g/mol. The number of hydrogen-bond donors (Lipinski definition) is 2. The molecule has 4 rings (SSSR count). The van der Waals surface area contributed by atoms with Gasteiger partial charge in [-0.15, -0.1) is 0 Å². The second-order valence-corrected chi connectivity index (χ2v) is 9.35. The molecule has 0 spiro atoms. The van der Waals surface area contributed by atoms with Crippen LogP contribution in [-0.2, 0) is 18.4 Å². The van der Waals surface area contributed by atoms with Crippen molar-refractivity contribution in [3.8, 4) is 11.4 Å². The summed E-state index contributed by atoms with van der Waals surface area (Å²) >= 11 is 0. The first-order valence-electron chi connectivity index (χ1n) is 12.1. The lowest BCUT2D eigenvalue weighted by atomic mass is 9.79. The predicted octanol–water partition coefficient (Wildman–Crippen LogP) is 3.71. The van der Waals surface area contributed by atoms with Crippen LogP contribution >= 0.6 is 0 Å². The third kappa shape index (κ3) is 5.26. The van der Waals surface area contributed by atoms with Gasteiger partial charge in [-0.05, 0) is 50.2 Å². The molecule has 3 aromatic rings. The maximum absolute atomic E-state index is 15.0. The summed E-state index contributed by atoms with van der Waals surface area (Å²) < 4.78 is 18.1. The van der Waals surface area contributed by atoms with Crippen molar-refractivity contribution in [2.45, 2.75) is 59.0 Å². The highest BCUT2D eigenvalue weighted by Crippen LogP contribution is 2.31. The van der Waals surface area contributed by atoms with E-state index in [1.165, 1.54) is 12.3 Å². The summed E-state index contributed by atoms with van der Waals surface area (Å²) in [6.45, 7) is 6.47. The Labute approximate surface area is 204 Å². The molecule has 2 amide bonds. The van der Waals surface area contributed by atoms with Crippen molar-refractivity contribution >= 4 is 17.5 Å². The van der Waals surface area contributed by atoms with Gasteiger partial charge in [0.2, 0.25) is 5.91 Å². The van der Waals surface area contributed by atoms with E-state index in [9.17, 15) is 14.0 Å². The Balaban J connectivity index is 1.55. The molecule has 186 valence electrons. The van der Waals surface area contributed by atoms with Crippen molar-refractivity contribution in [3.05, 3.63) is 47.8 Å². The zero-order chi connectivity index (χ0) is 25.1. The van der Waals surface area contributed by atoms with Gasteiger partial charge in [0.1, 0.15) is 17.4 Å².